The molecule has 2 N–H and O–H groups in total. The molecule has 1 atom stereocenters. The van der Waals surface area contributed by atoms with Crippen LogP contribution in [-0.2, 0) is 17.4 Å². The zero-order chi connectivity index (χ0) is 18.8. The van der Waals surface area contributed by atoms with Gasteiger partial charge < -0.3 is 10.6 Å². The highest BCUT2D eigenvalue weighted by Gasteiger charge is 2.32. The van der Waals surface area contributed by atoms with E-state index in [0.29, 0.717) is 6.07 Å². The third kappa shape index (κ3) is 5.40. The molecule has 1 aromatic carbocycles. The second kappa shape index (κ2) is 8.45. The normalized spacial score (nSPS) is 12.3. The van der Waals surface area contributed by atoms with E-state index in [0.717, 1.165) is 35.4 Å². The van der Waals surface area contributed by atoms with Crippen LogP contribution in [0.5, 0.6) is 0 Å². The highest BCUT2D eigenvalue weighted by Crippen LogP contribution is 2.28. The average molecular weight is 393 g/mol. The maximum atomic E-state index is 13.2. The summed E-state index contributed by atoms with van der Waals surface area (Å²) in [5.41, 5.74) is 4.97. The molecule has 142 valence electrons. The van der Waals surface area contributed by atoms with Crippen LogP contribution >= 0.6 is 13.5 Å². The minimum atomic E-state index is -4.58. The Morgan fingerprint density at radius 2 is 1.77 bits per heavy atom. The lowest BCUT2D eigenvalue weighted by Gasteiger charge is -2.21. The lowest BCUT2D eigenvalue weighted by molar-refractivity contribution is -0.141. The Morgan fingerprint density at radius 1 is 1.19 bits per heavy atom. The highest BCUT2D eigenvalue weighted by atomic mass is 32.1. The van der Waals surface area contributed by atoms with Crippen molar-refractivity contribution in [2.75, 3.05) is 11.9 Å². The van der Waals surface area contributed by atoms with Crippen LogP contribution in [0.25, 0.3) is 0 Å². The Bertz CT molecular complexity index is 747. The summed E-state index contributed by atoms with van der Waals surface area (Å²) in [5, 5.41) is 0. The van der Waals surface area contributed by atoms with E-state index in [-0.39, 0.29) is 31.2 Å². The molecule has 1 aromatic heterocycles. The van der Waals surface area contributed by atoms with E-state index < -0.39 is 35.5 Å². The molecule has 2 aromatic rings. The number of pyridine rings is 1. The minimum absolute atomic E-state index is 0. The number of nitrogens with two attached hydrogens (primary N) is 1. The Balaban J connectivity index is 0.00000338. The van der Waals surface area contributed by atoms with Gasteiger partial charge in [0.15, 0.2) is 0 Å². The number of halogens is 5. The highest BCUT2D eigenvalue weighted by molar-refractivity contribution is 7.59. The number of carbonyl (C=O) groups excluding carboxylic acids is 1. The number of benzene rings is 1. The largest absolute Gasteiger partial charge is 0.433 e. The first-order valence-corrected chi connectivity index (χ1v) is 7.09. The second-order valence-corrected chi connectivity index (χ2v) is 5.38. The molecule has 0 aliphatic heterocycles. The molecule has 0 fully saturated rings. The predicted molar refractivity (Wildman–Crippen MR) is 91.1 cm³/mol. The van der Waals surface area contributed by atoms with Gasteiger partial charge in [-0.2, -0.15) is 26.7 Å². The Hall–Kier alpha value is -2.20. The molecular weight excluding hydrogens is 377 g/mol. The summed E-state index contributed by atoms with van der Waals surface area (Å²) in [5.74, 6) is -2.23. The number of nitrogens with zero attached hydrogens (tertiary/aromatic N) is 2. The number of alkyl halides is 3. The molecule has 26 heavy (non-hydrogen) atoms. The fourth-order valence-corrected chi connectivity index (χ4v) is 2.20. The molecule has 0 bridgehead atoms. The van der Waals surface area contributed by atoms with Gasteiger partial charge in [0.1, 0.15) is 17.3 Å². The molecule has 0 saturated heterocycles. The summed E-state index contributed by atoms with van der Waals surface area (Å²) in [7, 11) is 1.32. The first-order valence-electron chi connectivity index (χ1n) is 7.09. The van der Waals surface area contributed by atoms with Crippen molar-refractivity contribution >= 4 is 25.1 Å². The van der Waals surface area contributed by atoms with Crippen molar-refractivity contribution in [3.8, 4) is 0 Å². The third-order valence-corrected chi connectivity index (χ3v) is 3.45. The van der Waals surface area contributed by atoms with Crippen molar-refractivity contribution in [1.29, 1.82) is 0 Å². The summed E-state index contributed by atoms with van der Waals surface area (Å²) < 4.78 is 63.8. The number of aromatic nitrogens is 1. The molecule has 0 radical (unpaired) electrons. The van der Waals surface area contributed by atoms with Gasteiger partial charge in [0, 0.05) is 13.1 Å². The molecule has 0 unspecified atom stereocenters. The van der Waals surface area contributed by atoms with Gasteiger partial charge in [-0.15, -0.1) is 0 Å². The van der Waals surface area contributed by atoms with Gasteiger partial charge in [0.05, 0.1) is 17.9 Å². The van der Waals surface area contributed by atoms with Crippen molar-refractivity contribution in [1.82, 2.24) is 4.98 Å². The number of anilines is 1. The predicted octanol–water partition coefficient (Wildman–Crippen LogP) is 3.02. The van der Waals surface area contributed by atoms with Gasteiger partial charge in [0.25, 0.3) is 0 Å². The molecular formula is C16H16F5N3OS. The van der Waals surface area contributed by atoms with E-state index in [1.54, 1.807) is 0 Å². The topological polar surface area (TPSA) is 59.2 Å². The molecule has 2 rings (SSSR count). The Labute approximate surface area is 153 Å². The van der Waals surface area contributed by atoms with Crippen molar-refractivity contribution in [3.05, 3.63) is 59.4 Å². The van der Waals surface area contributed by atoms with Crippen LogP contribution < -0.4 is 10.6 Å². The maximum Gasteiger partial charge on any atom is 0.433 e. The summed E-state index contributed by atoms with van der Waals surface area (Å²) in [6.07, 6.45) is -3.82. The third-order valence-electron chi connectivity index (χ3n) is 3.45. The monoisotopic (exact) mass is 393 g/mol. The van der Waals surface area contributed by atoms with Gasteiger partial charge in [-0.25, -0.2) is 13.8 Å². The van der Waals surface area contributed by atoms with Crippen LogP contribution in [0.2, 0.25) is 0 Å². The van der Waals surface area contributed by atoms with Crippen LogP contribution in [-0.4, -0.2) is 24.0 Å². The lowest BCUT2D eigenvalue weighted by atomic mass is 10.1. The van der Waals surface area contributed by atoms with Gasteiger partial charge in [-0.3, -0.25) is 4.79 Å². The lowest BCUT2D eigenvalue weighted by Crippen LogP contribution is -2.43. The molecule has 10 heteroatoms. The van der Waals surface area contributed by atoms with Crippen molar-refractivity contribution < 1.29 is 26.7 Å². The summed E-state index contributed by atoms with van der Waals surface area (Å²) in [6.45, 7) is 0. The first-order chi connectivity index (χ1) is 11.6. The smallest absolute Gasteiger partial charge is 0.320 e. The van der Waals surface area contributed by atoms with Crippen LogP contribution in [0.4, 0.5) is 27.6 Å². The van der Waals surface area contributed by atoms with Gasteiger partial charge in [-0.1, -0.05) is 0 Å². The van der Waals surface area contributed by atoms with Crippen LogP contribution in [0.1, 0.15) is 11.3 Å². The molecule has 1 amide bonds. The number of rotatable bonds is 4. The average Bonchev–Trinajstić information content (AvgIpc) is 2.51. The fourth-order valence-electron chi connectivity index (χ4n) is 2.20. The van der Waals surface area contributed by atoms with E-state index in [2.05, 4.69) is 4.98 Å². The van der Waals surface area contributed by atoms with E-state index in [4.69, 9.17) is 5.73 Å². The standard InChI is InChI=1S/C16H14F5N3O.H2S/c1-24(12-2-3-14(23-8-12)16(19,20)21)15(25)13(22)6-9-4-10(17)7-11(18)5-9;/h2-5,7-8,13H,6,22H2,1H3;1H2/t13-;/m0./s1. The van der Waals surface area contributed by atoms with Crippen LogP contribution in [0.15, 0.2) is 36.5 Å². The summed E-state index contributed by atoms with van der Waals surface area (Å²) in [6, 6.07) is 3.49. The number of hydrogen-bond donors (Lipinski definition) is 1. The van der Waals surface area contributed by atoms with Crippen LogP contribution in [0, 0.1) is 11.6 Å². The summed E-state index contributed by atoms with van der Waals surface area (Å²) >= 11 is 0. The van der Waals surface area contributed by atoms with Crippen molar-refractivity contribution in [2.24, 2.45) is 5.73 Å². The van der Waals surface area contributed by atoms with E-state index in [9.17, 15) is 26.7 Å². The first kappa shape index (κ1) is 21.8. The molecule has 0 spiro atoms. The number of carbonyl (C=O) groups is 1. The Morgan fingerprint density at radius 3 is 2.23 bits per heavy atom. The van der Waals surface area contributed by atoms with Gasteiger partial charge in [0.2, 0.25) is 5.91 Å². The van der Waals surface area contributed by atoms with Crippen molar-refractivity contribution in [3.63, 3.8) is 0 Å². The molecule has 1 heterocycles. The van der Waals surface area contributed by atoms with Gasteiger partial charge in [-0.05, 0) is 36.2 Å². The summed E-state index contributed by atoms with van der Waals surface area (Å²) in [4.78, 5) is 16.6. The van der Waals surface area contributed by atoms with Gasteiger partial charge >= 0.3 is 6.18 Å². The molecule has 0 aliphatic rings. The Kier molecular flexibility index (Phi) is 7.10. The van der Waals surface area contributed by atoms with Crippen LogP contribution in [0.3, 0.4) is 0 Å². The second-order valence-electron chi connectivity index (χ2n) is 5.38. The van der Waals surface area contributed by atoms with E-state index in [1.165, 1.54) is 7.05 Å². The minimum Gasteiger partial charge on any atom is -0.320 e. The van der Waals surface area contributed by atoms with E-state index >= 15 is 0 Å². The number of hydrogen-bond acceptors (Lipinski definition) is 3. The maximum absolute atomic E-state index is 13.2. The number of amides is 1. The molecule has 0 saturated carbocycles. The zero-order valence-electron chi connectivity index (χ0n) is 13.5. The fraction of sp³-hybridized carbons (Fsp3) is 0.250. The van der Waals surface area contributed by atoms with E-state index in [1.807, 2.05) is 0 Å². The quantitative estimate of drug-likeness (QED) is 0.813. The number of likely N-dealkylation sites (N-methyl/N-ethyl adjacent to an activating group) is 1. The zero-order valence-corrected chi connectivity index (χ0v) is 14.5. The SMILES string of the molecule is CN(C(=O)[C@@H](N)Cc1cc(F)cc(F)c1)c1ccc(C(F)(F)F)nc1.S. The van der Waals surface area contributed by atoms with Crippen molar-refractivity contribution in [2.45, 2.75) is 18.6 Å². The molecule has 4 nitrogen and oxygen atoms in total. The molecule has 0 aliphatic carbocycles.